The summed E-state index contributed by atoms with van der Waals surface area (Å²) in [6.45, 7) is 0. The van der Waals surface area contributed by atoms with E-state index in [1.54, 1.807) is 18.2 Å². The van der Waals surface area contributed by atoms with Crippen LogP contribution in [0.2, 0.25) is 0 Å². The van der Waals surface area contributed by atoms with E-state index in [4.69, 9.17) is 5.73 Å². The maximum atomic E-state index is 11.7. The smallest absolute Gasteiger partial charge is 0.251 e. The van der Waals surface area contributed by atoms with Crippen LogP contribution in [0.5, 0.6) is 0 Å². The summed E-state index contributed by atoms with van der Waals surface area (Å²) in [5.74, 6) is -0.378. The molecule has 0 aromatic heterocycles. The summed E-state index contributed by atoms with van der Waals surface area (Å²) in [6, 6.07) is 7.62. The monoisotopic (exact) mass is 244 g/mol. The van der Waals surface area contributed by atoms with E-state index in [0.29, 0.717) is 11.6 Å². The van der Waals surface area contributed by atoms with Crippen molar-refractivity contribution in [3.8, 4) is 0 Å². The van der Waals surface area contributed by atoms with Gasteiger partial charge in [0.1, 0.15) is 0 Å². The molecule has 1 aliphatic carbocycles. The molecule has 2 amide bonds. The minimum absolute atomic E-state index is 0.0230. The maximum absolute atomic E-state index is 11.7. The number of benzene rings is 1. The third-order valence-corrected chi connectivity index (χ3v) is 2.71. The number of carbonyl (C=O) groups excluding carboxylic acids is 2. The van der Waals surface area contributed by atoms with Gasteiger partial charge in [0.05, 0.1) is 0 Å². The SMILES string of the molecule is NC(=O)CC=Cc1ccc(C(=O)NC2CC2)cc1. The van der Waals surface area contributed by atoms with Crippen LogP contribution in [0, 0.1) is 0 Å². The second kappa shape index (κ2) is 5.49. The topological polar surface area (TPSA) is 72.2 Å². The molecule has 0 spiro atoms. The van der Waals surface area contributed by atoms with Crippen LogP contribution in [0.4, 0.5) is 0 Å². The van der Waals surface area contributed by atoms with Crippen LogP contribution < -0.4 is 11.1 Å². The second-order valence-corrected chi connectivity index (χ2v) is 4.44. The zero-order valence-electron chi connectivity index (χ0n) is 10.1. The number of nitrogens with one attached hydrogen (secondary N) is 1. The third-order valence-electron chi connectivity index (χ3n) is 2.71. The Morgan fingerprint density at radius 3 is 2.50 bits per heavy atom. The average molecular weight is 244 g/mol. The Labute approximate surface area is 106 Å². The highest BCUT2D eigenvalue weighted by Crippen LogP contribution is 2.19. The van der Waals surface area contributed by atoms with Crippen molar-refractivity contribution < 1.29 is 9.59 Å². The first-order chi connectivity index (χ1) is 8.65. The summed E-state index contributed by atoms with van der Waals surface area (Å²) in [4.78, 5) is 22.3. The van der Waals surface area contributed by atoms with E-state index in [1.807, 2.05) is 18.2 Å². The first kappa shape index (κ1) is 12.4. The van der Waals surface area contributed by atoms with Gasteiger partial charge in [0, 0.05) is 18.0 Å². The fourth-order valence-corrected chi connectivity index (χ4v) is 1.55. The van der Waals surface area contributed by atoms with Crippen molar-refractivity contribution in [3.63, 3.8) is 0 Å². The molecule has 4 nitrogen and oxygen atoms in total. The van der Waals surface area contributed by atoms with Crippen molar-refractivity contribution in [1.29, 1.82) is 0 Å². The predicted molar refractivity (Wildman–Crippen MR) is 69.8 cm³/mol. The third kappa shape index (κ3) is 3.73. The van der Waals surface area contributed by atoms with Crippen LogP contribution >= 0.6 is 0 Å². The molecule has 0 unspecified atom stereocenters. The van der Waals surface area contributed by atoms with E-state index in [1.165, 1.54) is 0 Å². The van der Waals surface area contributed by atoms with Gasteiger partial charge in [0.2, 0.25) is 5.91 Å². The molecule has 1 aliphatic rings. The molecule has 4 heteroatoms. The Balaban J connectivity index is 1.93. The van der Waals surface area contributed by atoms with E-state index in [9.17, 15) is 9.59 Å². The first-order valence-corrected chi connectivity index (χ1v) is 6.01. The van der Waals surface area contributed by atoms with Crippen LogP contribution in [0.25, 0.3) is 6.08 Å². The van der Waals surface area contributed by atoms with Gasteiger partial charge >= 0.3 is 0 Å². The molecule has 0 bridgehead atoms. The second-order valence-electron chi connectivity index (χ2n) is 4.44. The van der Waals surface area contributed by atoms with Crippen molar-refractivity contribution in [2.24, 2.45) is 5.73 Å². The van der Waals surface area contributed by atoms with Gasteiger partial charge in [-0.1, -0.05) is 24.3 Å². The van der Waals surface area contributed by atoms with Crippen LogP contribution in [-0.2, 0) is 4.79 Å². The Morgan fingerprint density at radius 1 is 1.28 bits per heavy atom. The summed E-state index contributed by atoms with van der Waals surface area (Å²) in [6.07, 6.45) is 5.91. The minimum atomic E-state index is -0.355. The molecule has 0 saturated heterocycles. The summed E-state index contributed by atoms with van der Waals surface area (Å²) in [5.41, 5.74) is 6.63. The molecular formula is C14H16N2O2. The van der Waals surface area contributed by atoms with Gasteiger partial charge in [0.15, 0.2) is 0 Å². The lowest BCUT2D eigenvalue weighted by Gasteiger charge is -2.03. The van der Waals surface area contributed by atoms with E-state index in [0.717, 1.165) is 18.4 Å². The highest BCUT2D eigenvalue weighted by atomic mass is 16.2. The number of carbonyl (C=O) groups is 2. The summed E-state index contributed by atoms with van der Waals surface area (Å²) < 4.78 is 0. The fourth-order valence-electron chi connectivity index (χ4n) is 1.55. The highest BCUT2D eigenvalue weighted by molar-refractivity contribution is 5.94. The lowest BCUT2D eigenvalue weighted by atomic mass is 10.1. The molecule has 0 aliphatic heterocycles. The van der Waals surface area contributed by atoms with Crippen molar-refractivity contribution in [3.05, 3.63) is 41.5 Å². The lowest BCUT2D eigenvalue weighted by molar-refractivity contribution is -0.117. The standard InChI is InChI=1S/C14H16N2O2/c15-13(17)3-1-2-10-4-6-11(7-5-10)14(18)16-12-8-9-12/h1-2,4-7,12H,3,8-9H2,(H2,15,17)(H,16,18). The van der Waals surface area contributed by atoms with E-state index in [2.05, 4.69) is 5.32 Å². The molecule has 1 saturated carbocycles. The minimum Gasteiger partial charge on any atom is -0.369 e. The van der Waals surface area contributed by atoms with Crippen molar-refractivity contribution in [2.45, 2.75) is 25.3 Å². The number of primary amides is 1. The number of rotatable bonds is 5. The molecule has 0 atom stereocenters. The molecule has 1 aromatic carbocycles. The normalized spacial score (nSPS) is 14.7. The van der Waals surface area contributed by atoms with Gasteiger partial charge in [-0.05, 0) is 30.5 Å². The summed E-state index contributed by atoms with van der Waals surface area (Å²) in [7, 11) is 0. The number of nitrogens with two attached hydrogens (primary N) is 1. The first-order valence-electron chi connectivity index (χ1n) is 6.01. The fraction of sp³-hybridized carbons (Fsp3) is 0.286. The van der Waals surface area contributed by atoms with E-state index in [-0.39, 0.29) is 18.2 Å². The lowest BCUT2D eigenvalue weighted by Crippen LogP contribution is -2.25. The van der Waals surface area contributed by atoms with Crippen LogP contribution in [0.3, 0.4) is 0 Å². The number of amides is 2. The predicted octanol–water partition coefficient (Wildman–Crippen LogP) is 1.47. The molecule has 0 radical (unpaired) electrons. The Morgan fingerprint density at radius 2 is 1.94 bits per heavy atom. The van der Waals surface area contributed by atoms with Crippen molar-refractivity contribution in [2.75, 3.05) is 0 Å². The Bertz CT molecular complexity index is 473. The molecule has 94 valence electrons. The summed E-state index contributed by atoms with van der Waals surface area (Å²) >= 11 is 0. The Kier molecular flexibility index (Phi) is 3.77. The Hall–Kier alpha value is -2.10. The molecule has 1 fully saturated rings. The maximum Gasteiger partial charge on any atom is 0.251 e. The molecule has 0 heterocycles. The molecule has 3 N–H and O–H groups in total. The summed E-state index contributed by atoms with van der Waals surface area (Å²) in [5, 5.41) is 2.93. The number of hydrogen-bond acceptors (Lipinski definition) is 2. The zero-order chi connectivity index (χ0) is 13.0. The van der Waals surface area contributed by atoms with Gasteiger partial charge < -0.3 is 11.1 Å². The number of hydrogen-bond donors (Lipinski definition) is 2. The highest BCUT2D eigenvalue weighted by Gasteiger charge is 2.23. The van der Waals surface area contributed by atoms with E-state index < -0.39 is 0 Å². The molecule has 1 aromatic rings. The van der Waals surface area contributed by atoms with Crippen LogP contribution in [0.1, 0.15) is 35.2 Å². The quantitative estimate of drug-likeness (QED) is 0.823. The molecular weight excluding hydrogens is 228 g/mol. The zero-order valence-corrected chi connectivity index (χ0v) is 10.1. The van der Waals surface area contributed by atoms with Crippen molar-refractivity contribution in [1.82, 2.24) is 5.32 Å². The van der Waals surface area contributed by atoms with Crippen molar-refractivity contribution >= 4 is 17.9 Å². The molecule has 2 rings (SSSR count). The van der Waals surface area contributed by atoms with Crippen LogP contribution in [0.15, 0.2) is 30.3 Å². The van der Waals surface area contributed by atoms with Gasteiger partial charge in [0.25, 0.3) is 5.91 Å². The van der Waals surface area contributed by atoms with Gasteiger partial charge in [-0.2, -0.15) is 0 Å². The molecule has 18 heavy (non-hydrogen) atoms. The van der Waals surface area contributed by atoms with Gasteiger partial charge in [-0.25, -0.2) is 0 Å². The van der Waals surface area contributed by atoms with Gasteiger partial charge in [-0.3, -0.25) is 9.59 Å². The average Bonchev–Trinajstić information content (AvgIpc) is 3.13. The largest absolute Gasteiger partial charge is 0.369 e. The van der Waals surface area contributed by atoms with E-state index >= 15 is 0 Å². The van der Waals surface area contributed by atoms with Crippen LogP contribution in [-0.4, -0.2) is 17.9 Å². The van der Waals surface area contributed by atoms with Gasteiger partial charge in [-0.15, -0.1) is 0 Å².